The third-order valence-electron chi connectivity index (χ3n) is 9.17. The monoisotopic (exact) mass is 432 g/mol. The molecular weight excluding hydrogens is 380 g/mol. The van der Waals surface area contributed by atoms with E-state index in [0.717, 1.165) is 49.4 Å². The number of hydrogen-bond donors (Lipinski definition) is 0. The zero-order valence-corrected chi connectivity index (χ0v) is 20.9. The smallest absolute Gasteiger partial charge is 0.309 e. The molecule has 3 fully saturated rings. The first-order chi connectivity index (χ1) is 15.2. The highest BCUT2D eigenvalue weighted by Gasteiger charge is 2.34. The van der Waals surface area contributed by atoms with Crippen molar-refractivity contribution in [3.63, 3.8) is 0 Å². The van der Waals surface area contributed by atoms with Crippen LogP contribution in [0.1, 0.15) is 142 Å². The van der Waals surface area contributed by atoms with Gasteiger partial charge in [-0.15, -0.1) is 0 Å². The molecule has 0 bridgehead atoms. The third kappa shape index (κ3) is 8.39. The predicted octanol–water partition coefficient (Wildman–Crippen LogP) is 8.86. The van der Waals surface area contributed by atoms with Crippen molar-refractivity contribution in [2.45, 2.75) is 148 Å². The molecule has 3 saturated carbocycles. The zero-order chi connectivity index (χ0) is 21.9. The Morgan fingerprint density at radius 2 is 1.13 bits per heavy atom. The Kier molecular flexibility index (Phi) is 11.2. The highest BCUT2D eigenvalue weighted by molar-refractivity contribution is 5.72. The molecule has 2 nitrogen and oxygen atoms in total. The van der Waals surface area contributed by atoms with Crippen LogP contribution in [0, 0.1) is 29.6 Å². The fourth-order valence-corrected chi connectivity index (χ4v) is 6.93. The lowest BCUT2D eigenvalue weighted by Crippen LogP contribution is -2.32. The number of hydrogen-bond acceptors (Lipinski definition) is 2. The van der Waals surface area contributed by atoms with E-state index in [-0.39, 0.29) is 18.0 Å². The lowest BCUT2D eigenvalue weighted by Gasteiger charge is -2.38. The van der Waals surface area contributed by atoms with E-state index in [4.69, 9.17) is 4.74 Å². The number of carbonyl (C=O) groups is 1. The summed E-state index contributed by atoms with van der Waals surface area (Å²) in [5.74, 6) is 4.08. The van der Waals surface area contributed by atoms with Gasteiger partial charge in [-0.2, -0.15) is 0 Å². The predicted molar refractivity (Wildman–Crippen MR) is 131 cm³/mol. The van der Waals surface area contributed by atoms with Crippen molar-refractivity contribution in [1.82, 2.24) is 0 Å². The molecule has 180 valence electrons. The number of unbranched alkanes of at least 4 members (excludes halogenated alkanes) is 4. The molecule has 0 aromatic rings. The first kappa shape index (κ1) is 25.1. The Morgan fingerprint density at radius 3 is 1.71 bits per heavy atom. The van der Waals surface area contributed by atoms with Gasteiger partial charge in [-0.3, -0.25) is 4.79 Å². The summed E-state index contributed by atoms with van der Waals surface area (Å²) in [6.07, 6.45) is 26.7. The van der Waals surface area contributed by atoms with Gasteiger partial charge in [0.15, 0.2) is 0 Å². The minimum Gasteiger partial charge on any atom is -0.462 e. The van der Waals surface area contributed by atoms with E-state index in [1.807, 2.05) is 0 Å². The summed E-state index contributed by atoms with van der Waals surface area (Å²) in [7, 11) is 0. The normalized spacial score (nSPS) is 34.4. The number of carbonyl (C=O) groups excluding carboxylic acids is 1. The molecule has 2 heteroatoms. The summed E-state index contributed by atoms with van der Waals surface area (Å²) in [5, 5.41) is 0. The van der Waals surface area contributed by atoms with Gasteiger partial charge < -0.3 is 4.74 Å². The van der Waals surface area contributed by atoms with Gasteiger partial charge in [-0.05, 0) is 87.9 Å². The minimum absolute atomic E-state index is 0.146. The van der Waals surface area contributed by atoms with Gasteiger partial charge in [-0.1, -0.05) is 78.1 Å². The van der Waals surface area contributed by atoms with Crippen LogP contribution in [0.5, 0.6) is 0 Å². The second-order valence-corrected chi connectivity index (χ2v) is 11.5. The second-order valence-electron chi connectivity index (χ2n) is 11.5. The third-order valence-corrected chi connectivity index (χ3v) is 9.17. The van der Waals surface area contributed by atoms with Crippen LogP contribution in [0.25, 0.3) is 0 Å². The Morgan fingerprint density at radius 1 is 0.613 bits per heavy atom. The number of ether oxygens (including phenoxy) is 1. The molecule has 31 heavy (non-hydrogen) atoms. The maximum Gasteiger partial charge on any atom is 0.309 e. The maximum absolute atomic E-state index is 12.8. The molecule has 0 aliphatic heterocycles. The van der Waals surface area contributed by atoms with E-state index in [1.165, 1.54) is 103 Å². The van der Waals surface area contributed by atoms with Crippen molar-refractivity contribution in [1.29, 1.82) is 0 Å². The van der Waals surface area contributed by atoms with Crippen molar-refractivity contribution in [2.24, 2.45) is 29.6 Å². The lowest BCUT2D eigenvalue weighted by molar-refractivity contribution is -0.157. The minimum atomic E-state index is 0.146. The summed E-state index contributed by atoms with van der Waals surface area (Å²) in [6, 6.07) is 0. The largest absolute Gasteiger partial charge is 0.462 e. The molecule has 0 spiro atoms. The molecule has 0 amide bonds. The van der Waals surface area contributed by atoms with Gasteiger partial charge in [0, 0.05) is 0 Å². The van der Waals surface area contributed by atoms with Crippen LogP contribution in [0.3, 0.4) is 0 Å². The van der Waals surface area contributed by atoms with Crippen molar-refractivity contribution in [2.75, 3.05) is 0 Å². The highest BCUT2D eigenvalue weighted by Crippen LogP contribution is 2.42. The van der Waals surface area contributed by atoms with E-state index in [2.05, 4.69) is 13.8 Å². The summed E-state index contributed by atoms with van der Waals surface area (Å²) in [6.45, 7) is 4.60. The molecule has 0 aromatic heterocycles. The summed E-state index contributed by atoms with van der Waals surface area (Å²) >= 11 is 0. The van der Waals surface area contributed by atoms with E-state index in [1.54, 1.807) is 0 Å². The van der Waals surface area contributed by atoms with Crippen molar-refractivity contribution >= 4 is 5.97 Å². The van der Waals surface area contributed by atoms with Crippen LogP contribution in [0.15, 0.2) is 0 Å². The van der Waals surface area contributed by atoms with Crippen LogP contribution in [-0.4, -0.2) is 12.1 Å². The first-order valence-corrected chi connectivity index (χ1v) is 14.4. The molecular formula is C29H52O2. The van der Waals surface area contributed by atoms with Crippen molar-refractivity contribution in [3.8, 4) is 0 Å². The molecule has 3 rings (SSSR count). The Balaban J connectivity index is 1.28. The quantitative estimate of drug-likeness (QED) is 0.241. The molecule has 3 aliphatic carbocycles. The molecule has 0 atom stereocenters. The molecule has 0 saturated heterocycles. The van der Waals surface area contributed by atoms with Crippen molar-refractivity contribution < 1.29 is 9.53 Å². The van der Waals surface area contributed by atoms with E-state index in [0.29, 0.717) is 0 Å². The summed E-state index contributed by atoms with van der Waals surface area (Å²) in [4.78, 5) is 12.8. The Bertz CT molecular complexity index is 477. The molecule has 3 aliphatic rings. The fraction of sp³-hybridized carbons (Fsp3) is 0.966. The first-order valence-electron chi connectivity index (χ1n) is 14.4. The van der Waals surface area contributed by atoms with Crippen molar-refractivity contribution in [3.05, 3.63) is 0 Å². The van der Waals surface area contributed by atoms with Gasteiger partial charge in [0.25, 0.3) is 0 Å². The van der Waals surface area contributed by atoms with Crippen LogP contribution < -0.4 is 0 Å². The van der Waals surface area contributed by atoms with Gasteiger partial charge >= 0.3 is 5.97 Å². The molecule has 0 heterocycles. The SMILES string of the molecule is CCCCCCC1CCC(OC(=O)C2CCC(C3CCC(CCCC)CC3)CC2)CC1. The topological polar surface area (TPSA) is 26.3 Å². The summed E-state index contributed by atoms with van der Waals surface area (Å²) in [5.41, 5.74) is 0. The zero-order valence-electron chi connectivity index (χ0n) is 20.9. The van der Waals surface area contributed by atoms with E-state index >= 15 is 0 Å². The summed E-state index contributed by atoms with van der Waals surface area (Å²) < 4.78 is 6.02. The Labute approximate surface area is 193 Å². The molecule has 0 aromatic carbocycles. The van der Waals surface area contributed by atoms with Crippen LogP contribution >= 0.6 is 0 Å². The van der Waals surface area contributed by atoms with Crippen LogP contribution in [-0.2, 0) is 9.53 Å². The lowest BCUT2D eigenvalue weighted by atomic mass is 9.68. The molecule has 0 N–H and O–H groups in total. The average molecular weight is 433 g/mol. The number of esters is 1. The Hall–Kier alpha value is -0.530. The van der Waals surface area contributed by atoms with Gasteiger partial charge in [-0.25, -0.2) is 0 Å². The fourth-order valence-electron chi connectivity index (χ4n) is 6.93. The van der Waals surface area contributed by atoms with Crippen LogP contribution in [0.2, 0.25) is 0 Å². The van der Waals surface area contributed by atoms with Crippen LogP contribution in [0.4, 0.5) is 0 Å². The number of rotatable bonds is 11. The molecule has 0 radical (unpaired) electrons. The van der Waals surface area contributed by atoms with Gasteiger partial charge in [0.2, 0.25) is 0 Å². The van der Waals surface area contributed by atoms with Gasteiger partial charge in [0.1, 0.15) is 6.10 Å². The van der Waals surface area contributed by atoms with E-state index < -0.39 is 0 Å². The average Bonchev–Trinajstić information content (AvgIpc) is 2.82. The molecule has 0 unspecified atom stereocenters. The second kappa shape index (κ2) is 13.9. The standard InChI is InChI=1S/C29H52O2/c1-3-5-7-8-10-24-13-21-28(22-14-24)31-29(30)27-19-17-26(18-20-27)25-15-11-23(12-16-25)9-6-4-2/h23-28H,3-22H2,1-2H3. The maximum atomic E-state index is 12.8. The highest BCUT2D eigenvalue weighted by atomic mass is 16.5. The van der Waals surface area contributed by atoms with Gasteiger partial charge in [0.05, 0.1) is 5.92 Å². The van der Waals surface area contributed by atoms with E-state index in [9.17, 15) is 4.79 Å².